The van der Waals surface area contributed by atoms with Gasteiger partial charge in [0.15, 0.2) is 0 Å². The van der Waals surface area contributed by atoms with Crippen LogP contribution in [0.3, 0.4) is 0 Å². The fourth-order valence-corrected chi connectivity index (χ4v) is 4.13. The van der Waals surface area contributed by atoms with Gasteiger partial charge in [0, 0.05) is 43.2 Å². The third-order valence-corrected chi connectivity index (χ3v) is 5.97. The van der Waals surface area contributed by atoms with Crippen molar-refractivity contribution in [2.75, 3.05) is 19.6 Å². The summed E-state index contributed by atoms with van der Waals surface area (Å²) in [7, 11) is 0. The third kappa shape index (κ3) is 3.78. The lowest BCUT2D eigenvalue weighted by Crippen LogP contribution is -2.50. The number of carbonyl (C=O) groups excluding carboxylic acids is 2. The first-order valence-electron chi connectivity index (χ1n) is 9.81. The second kappa shape index (κ2) is 7.86. The molecular weight excluding hydrogens is 404 g/mol. The number of benzene rings is 1. The first-order valence-corrected chi connectivity index (χ1v) is 10.7. The van der Waals surface area contributed by atoms with Crippen molar-refractivity contribution < 1.29 is 14.3 Å². The minimum absolute atomic E-state index is 0.0185. The fraction of sp³-hybridized carbons (Fsp3) is 0.350. The number of hydrogen-bond donors (Lipinski definition) is 0. The minimum Gasteiger partial charge on any atom is -0.431 e. The SMILES string of the molecule is O=C1CCCN1Cc1cn(C2CN(C(=O)c3ccc(Oc4nccs4)cc3)C2)nn1. The van der Waals surface area contributed by atoms with E-state index in [9.17, 15) is 9.59 Å². The Hall–Kier alpha value is -3.27. The highest BCUT2D eigenvalue weighted by Crippen LogP contribution is 2.26. The van der Waals surface area contributed by atoms with Gasteiger partial charge in [-0.25, -0.2) is 9.67 Å². The first kappa shape index (κ1) is 18.7. The normalized spacial score (nSPS) is 16.7. The number of rotatable bonds is 6. The lowest BCUT2D eigenvalue weighted by atomic mass is 10.1. The summed E-state index contributed by atoms with van der Waals surface area (Å²) in [6.07, 6.45) is 5.08. The molecule has 0 aliphatic carbocycles. The second-order valence-corrected chi connectivity index (χ2v) is 8.25. The van der Waals surface area contributed by atoms with E-state index in [1.165, 1.54) is 11.3 Å². The first-order chi connectivity index (χ1) is 14.7. The van der Waals surface area contributed by atoms with Gasteiger partial charge in [0.2, 0.25) is 5.91 Å². The van der Waals surface area contributed by atoms with Crippen LogP contribution in [0.1, 0.15) is 34.9 Å². The van der Waals surface area contributed by atoms with E-state index in [0.29, 0.717) is 42.6 Å². The number of likely N-dealkylation sites (tertiary alicyclic amines) is 2. The van der Waals surface area contributed by atoms with Crippen LogP contribution < -0.4 is 4.74 Å². The van der Waals surface area contributed by atoms with Gasteiger partial charge in [0.05, 0.1) is 18.8 Å². The van der Waals surface area contributed by atoms with Crippen molar-refractivity contribution in [2.45, 2.75) is 25.4 Å². The third-order valence-electron chi connectivity index (χ3n) is 5.32. The molecule has 2 amide bonds. The van der Waals surface area contributed by atoms with Gasteiger partial charge in [-0.05, 0) is 30.7 Å². The highest BCUT2D eigenvalue weighted by atomic mass is 32.1. The van der Waals surface area contributed by atoms with E-state index in [1.807, 2.05) is 16.5 Å². The Kier molecular flexibility index (Phi) is 4.91. The van der Waals surface area contributed by atoms with Crippen molar-refractivity contribution in [3.05, 3.63) is 53.3 Å². The molecule has 10 heteroatoms. The van der Waals surface area contributed by atoms with Crippen molar-refractivity contribution >= 4 is 23.2 Å². The van der Waals surface area contributed by atoms with E-state index in [1.54, 1.807) is 40.0 Å². The number of thiazole rings is 1. The molecule has 2 aliphatic heterocycles. The Labute approximate surface area is 176 Å². The molecule has 0 unspecified atom stereocenters. The van der Waals surface area contributed by atoms with Gasteiger partial charge in [0.1, 0.15) is 11.4 Å². The summed E-state index contributed by atoms with van der Waals surface area (Å²) in [6.45, 7) is 2.46. The summed E-state index contributed by atoms with van der Waals surface area (Å²) < 4.78 is 7.42. The van der Waals surface area contributed by atoms with Gasteiger partial charge in [-0.3, -0.25) is 9.59 Å². The Morgan fingerprint density at radius 2 is 2.07 bits per heavy atom. The summed E-state index contributed by atoms with van der Waals surface area (Å²) in [6, 6.07) is 7.18. The molecule has 0 radical (unpaired) electrons. The van der Waals surface area contributed by atoms with Gasteiger partial charge in [-0.15, -0.1) is 5.10 Å². The minimum atomic E-state index is -0.0185. The fourth-order valence-electron chi connectivity index (χ4n) is 3.63. The number of ether oxygens (including phenoxy) is 1. The van der Waals surface area contributed by atoms with Crippen molar-refractivity contribution in [3.8, 4) is 10.9 Å². The Balaban J connectivity index is 1.15. The van der Waals surface area contributed by atoms with E-state index in [-0.39, 0.29) is 17.9 Å². The number of aromatic nitrogens is 4. The quantitative estimate of drug-likeness (QED) is 0.603. The summed E-state index contributed by atoms with van der Waals surface area (Å²) in [5.41, 5.74) is 1.40. The molecule has 2 fully saturated rings. The van der Waals surface area contributed by atoms with Crippen molar-refractivity contribution in [1.82, 2.24) is 29.8 Å². The lowest BCUT2D eigenvalue weighted by molar-refractivity contribution is -0.128. The average molecular weight is 424 g/mol. The number of amides is 2. The lowest BCUT2D eigenvalue weighted by Gasteiger charge is -2.38. The molecule has 0 saturated carbocycles. The van der Waals surface area contributed by atoms with Crippen LogP contribution in [0.2, 0.25) is 0 Å². The summed E-state index contributed by atoms with van der Waals surface area (Å²) in [5.74, 6) is 0.803. The van der Waals surface area contributed by atoms with Gasteiger partial charge in [-0.2, -0.15) is 0 Å². The maximum absolute atomic E-state index is 12.7. The zero-order chi connectivity index (χ0) is 20.5. The molecule has 1 aromatic carbocycles. The number of carbonyl (C=O) groups is 2. The second-order valence-electron chi connectivity index (χ2n) is 7.40. The van der Waals surface area contributed by atoms with Crippen molar-refractivity contribution in [2.24, 2.45) is 0 Å². The van der Waals surface area contributed by atoms with Crippen LogP contribution >= 0.6 is 11.3 Å². The van der Waals surface area contributed by atoms with Crippen LogP contribution in [0.15, 0.2) is 42.0 Å². The largest absolute Gasteiger partial charge is 0.431 e. The zero-order valence-corrected chi connectivity index (χ0v) is 17.0. The summed E-state index contributed by atoms with van der Waals surface area (Å²) >= 11 is 1.41. The standard InChI is InChI=1S/C20H20N6O3S/c27-18-2-1-8-24(18)10-15-11-26(23-22-15)16-12-25(13-16)19(28)14-3-5-17(6-4-14)29-20-21-7-9-30-20/h3-7,9,11,16H,1-2,8,10,12-13H2. The predicted octanol–water partition coefficient (Wildman–Crippen LogP) is 2.35. The molecule has 5 rings (SSSR count). The molecule has 4 heterocycles. The van der Waals surface area contributed by atoms with Crippen molar-refractivity contribution in [3.63, 3.8) is 0 Å². The van der Waals surface area contributed by atoms with E-state index in [0.717, 1.165) is 18.7 Å². The van der Waals surface area contributed by atoms with E-state index in [2.05, 4.69) is 15.3 Å². The number of hydrogen-bond acceptors (Lipinski definition) is 7. The maximum Gasteiger partial charge on any atom is 0.278 e. The molecule has 2 aliphatic rings. The molecule has 0 bridgehead atoms. The van der Waals surface area contributed by atoms with Crippen LogP contribution in [0.25, 0.3) is 0 Å². The van der Waals surface area contributed by atoms with E-state index < -0.39 is 0 Å². The highest BCUT2D eigenvalue weighted by Gasteiger charge is 2.33. The summed E-state index contributed by atoms with van der Waals surface area (Å²) in [5, 5.41) is 10.8. The smallest absolute Gasteiger partial charge is 0.278 e. The van der Waals surface area contributed by atoms with E-state index >= 15 is 0 Å². The van der Waals surface area contributed by atoms with Crippen molar-refractivity contribution in [1.29, 1.82) is 0 Å². The molecule has 3 aromatic rings. The summed E-state index contributed by atoms with van der Waals surface area (Å²) in [4.78, 5) is 32.1. The highest BCUT2D eigenvalue weighted by molar-refractivity contribution is 7.11. The monoisotopic (exact) mass is 424 g/mol. The van der Waals surface area contributed by atoms with Crippen LogP contribution in [0, 0.1) is 0 Å². The Bertz CT molecular complexity index is 1040. The molecule has 0 N–H and O–H groups in total. The van der Waals surface area contributed by atoms with Gasteiger partial charge >= 0.3 is 0 Å². The predicted molar refractivity (Wildman–Crippen MR) is 108 cm³/mol. The molecule has 154 valence electrons. The molecule has 2 aromatic heterocycles. The van der Waals surface area contributed by atoms with Crippen LogP contribution in [0.5, 0.6) is 10.9 Å². The molecular formula is C20H20N6O3S. The van der Waals surface area contributed by atoms with Crippen LogP contribution in [0.4, 0.5) is 0 Å². The molecule has 0 spiro atoms. The maximum atomic E-state index is 12.7. The topological polar surface area (TPSA) is 93.5 Å². The van der Waals surface area contributed by atoms with Gasteiger partial charge in [0.25, 0.3) is 11.1 Å². The Morgan fingerprint density at radius 1 is 1.23 bits per heavy atom. The van der Waals surface area contributed by atoms with Crippen LogP contribution in [-0.2, 0) is 11.3 Å². The van der Waals surface area contributed by atoms with Gasteiger partial charge < -0.3 is 14.5 Å². The molecule has 0 atom stereocenters. The van der Waals surface area contributed by atoms with Crippen LogP contribution in [-0.4, -0.2) is 61.2 Å². The number of nitrogens with zero attached hydrogens (tertiary/aromatic N) is 6. The van der Waals surface area contributed by atoms with E-state index in [4.69, 9.17) is 4.74 Å². The molecule has 9 nitrogen and oxygen atoms in total. The Morgan fingerprint density at radius 3 is 2.77 bits per heavy atom. The molecule has 30 heavy (non-hydrogen) atoms. The average Bonchev–Trinajstić information content (AvgIpc) is 3.46. The van der Waals surface area contributed by atoms with Gasteiger partial charge in [-0.1, -0.05) is 16.6 Å². The molecule has 2 saturated heterocycles. The zero-order valence-electron chi connectivity index (χ0n) is 16.2.